The fourth-order valence-corrected chi connectivity index (χ4v) is 1.86. The summed E-state index contributed by atoms with van der Waals surface area (Å²) in [4.78, 5) is 11.6. The van der Waals surface area contributed by atoms with Crippen molar-refractivity contribution < 1.29 is 9.53 Å². The Morgan fingerprint density at radius 1 is 1.25 bits per heavy atom. The maximum atomic E-state index is 11.6. The van der Waals surface area contributed by atoms with Crippen LogP contribution < -0.4 is 15.4 Å². The van der Waals surface area contributed by atoms with Gasteiger partial charge in [-0.2, -0.15) is 0 Å². The van der Waals surface area contributed by atoms with Crippen LogP contribution in [0.15, 0.2) is 24.3 Å². The predicted molar refractivity (Wildman–Crippen MR) is 81.8 cm³/mol. The summed E-state index contributed by atoms with van der Waals surface area (Å²) in [6.07, 6.45) is 1.54. The topological polar surface area (TPSA) is 50.4 Å². The van der Waals surface area contributed by atoms with E-state index in [1.165, 1.54) is 0 Å². The number of amides is 1. The van der Waals surface area contributed by atoms with Crippen LogP contribution in [0.4, 0.5) is 0 Å². The first kappa shape index (κ1) is 16.5. The molecule has 112 valence electrons. The monoisotopic (exact) mass is 278 g/mol. The van der Waals surface area contributed by atoms with E-state index in [1.807, 2.05) is 24.3 Å². The Morgan fingerprint density at radius 2 is 2.00 bits per heavy atom. The van der Waals surface area contributed by atoms with Crippen LogP contribution in [0, 0.1) is 5.92 Å². The average Bonchev–Trinajstić information content (AvgIpc) is 2.43. The lowest BCUT2D eigenvalue weighted by atomic mass is 10.1. The molecule has 1 aromatic carbocycles. The number of hydrogen-bond acceptors (Lipinski definition) is 3. The van der Waals surface area contributed by atoms with Crippen LogP contribution in [-0.4, -0.2) is 26.1 Å². The van der Waals surface area contributed by atoms with Crippen LogP contribution in [0.5, 0.6) is 5.75 Å². The molecule has 1 amide bonds. The Labute approximate surface area is 121 Å². The zero-order valence-corrected chi connectivity index (χ0v) is 12.7. The Morgan fingerprint density at radius 3 is 2.70 bits per heavy atom. The van der Waals surface area contributed by atoms with Gasteiger partial charge in [-0.25, -0.2) is 0 Å². The number of benzene rings is 1. The number of carbonyl (C=O) groups is 1. The number of para-hydroxylation sites is 1. The van der Waals surface area contributed by atoms with Gasteiger partial charge in [0.25, 0.3) is 0 Å². The molecule has 0 aliphatic heterocycles. The van der Waals surface area contributed by atoms with Crippen molar-refractivity contribution >= 4 is 5.91 Å². The van der Waals surface area contributed by atoms with Crippen molar-refractivity contribution in [3.8, 4) is 5.75 Å². The van der Waals surface area contributed by atoms with Gasteiger partial charge in [-0.05, 0) is 18.4 Å². The summed E-state index contributed by atoms with van der Waals surface area (Å²) < 4.78 is 5.28. The summed E-state index contributed by atoms with van der Waals surface area (Å²) in [5.41, 5.74) is 1.11. The summed E-state index contributed by atoms with van der Waals surface area (Å²) in [5, 5.41) is 6.20. The van der Waals surface area contributed by atoms with Gasteiger partial charge in [-0.3, -0.25) is 4.79 Å². The highest BCUT2D eigenvalue weighted by molar-refractivity contribution is 5.75. The molecule has 1 rings (SSSR count). The summed E-state index contributed by atoms with van der Waals surface area (Å²) in [5.74, 6) is 1.61. The van der Waals surface area contributed by atoms with E-state index in [0.717, 1.165) is 24.3 Å². The Bertz CT molecular complexity index is 405. The van der Waals surface area contributed by atoms with Gasteiger partial charge in [0.15, 0.2) is 0 Å². The van der Waals surface area contributed by atoms with Crippen LogP contribution in [0.3, 0.4) is 0 Å². The van der Waals surface area contributed by atoms with Gasteiger partial charge in [0, 0.05) is 31.6 Å². The van der Waals surface area contributed by atoms with Crippen molar-refractivity contribution in [1.82, 2.24) is 10.6 Å². The molecular formula is C16H26N2O2. The lowest BCUT2D eigenvalue weighted by Gasteiger charge is -2.10. The smallest absolute Gasteiger partial charge is 0.221 e. The zero-order chi connectivity index (χ0) is 14.8. The minimum Gasteiger partial charge on any atom is -0.496 e. The second-order valence-corrected chi connectivity index (χ2v) is 5.27. The molecule has 4 nitrogen and oxygen atoms in total. The number of hydrogen-bond donors (Lipinski definition) is 2. The molecule has 0 aliphatic rings. The van der Waals surface area contributed by atoms with E-state index in [1.54, 1.807) is 7.11 Å². The molecule has 0 aliphatic carbocycles. The van der Waals surface area contributed by atoms with Crippen molar-refractivity contribution in [2.75, 3.05) is 20.2 Å². The molecule has 0 atom stereocenters. The van der Waals surface area contributed by atoms with Crippen LogP contribution in [0.2, 0.25) is 0 Å². The molecule has 1 aromatic rings. The van der Waals surface area contributed by atoms with E-state index in [0.29, 0.717) is 25.4 Å². The lowest BCUT2D eigenvalue weighted by molar-refractivity contribution is -0.121. The molecule has 0 bridgehead atoms. The highest BCUT2D eigenvalue weighted by Crippen LogP contribution is 2.16. The normalized spacial score (nSPS) is 10.6. The molecule has 20 heavy (non-hydrogen) atoms. The molecule has 2 N–H and O–H groups in total. The molecule has 0 heterocycles. The minimum atomic E-state index is 0.109. The first-order valence-electron chi connectivity index (χ1n) is 7.22. The summed E-state index contributed by atoms with van der Waals surface area (Å²) in [6.45, 7) is 6.46. The molecule has 0 unspecified atom stereocenters. The lowest BCUT2D eigenvalue weighted by Crippen LogP contribution is -2.28. The number of ether oxygens (including phenoxy) is 1. The standard InChI is InChI=1S/C16H26N2O2/c1-13(2)8-11-18-16(19)9-10-17-12-14-6-4-5-7-15(14)20-3/h4-7,13,17H,8-12H2,1-3H3,(H,18,19). The third-order valence-corrected chi connectivity index (χ3v) is 3.08. The molecule has 0 fully saturated rings. The van der Waals surface area contributed by atoms with E-state index in [9.17, 15) is 4.79 Å². The molecule has 0 saturated carbocycles. The number of rotatable bonds is 9. The van der Waals surface area contributed by atoms with E-state index >= 15 is 0 Å². The summed E-state index contributed by atoms with van der Waals surface area (Å²) >= 11 is 0. The molecular weight excluding hydrogens is 252 g/mol. The van der Waals surface area contributed by atoms with Crippen molar-refractivity contribution in [2.24, 2.45) is 5.92 Å². The number of carbonyl (C=O) groups excluding carboxylic acids is 1. The van der Waals surface area contributed by atoms with Gasteiger partial charge >= 0.3 is 0 Å². The van der Waals surface area contributed by atoms with Gasteiger partial charge < -0.3 is 15.4 Å². The van der Waals surface area contributed by atoms with Crippen molar-refractivity contribution in [2.45, 2.75) is 33.2 Å². The summed E-state index contributed by atoms with van der Waals surface area (Å²) in [7, 11) is 1.67. The second-order valence-electron chi connectivity index (χ2n) is 5.27. The Kier molecular flexibility index (Phi) is 7.73. The van der Waals surface area contributed by atoms with Crippen LogP contribution in [-0.2, 0) is 11.3 Å². The molecule has 0 radical (unpaired) electrons. The molecule has 0 aromatic heterocycles. The Balaban J connectivity index is 2.16. The fourth-order valence-electron chi connectivity index (χ4n) is 1.86. The van der Waals surface area contributed by atoms with Gasteiger partial charge in [0.05, 0.1) is 7.11 Å². The second kappa shape index (κ2) is 9.37. The zero-order valence-electron chi connectivity index (χ0n) is 12.7. The van der Waals surface area contributed by atoms with E-state index in [-0.39, 0.29) is 5.91 Å². The fraction of sp³-hybridized carbons (Fsp3) is 0.562. The van der Waals surface area contributed by atoms with E-state index in [2.05, 4.69) is 24.5 Å². The molecule has 4 heteroatoms. The largest absolute Gasteiger partial charge is 0.496 e. The quantitative estimate of drug-likeness (QED) is 0.682. The first-order chi connectivity index (χ1) is 9.63. The summed E-state index contributed by atoms with van der Waals surface area (Å²) in [6, 6.07) is 7.90. The van der Waals surface area contributed by atoms with Gasteiger partial charge in [-0.15, -0.1) is 0 Å². The van der Waals surface area contributed by atoms with Crippen LogP contribution >= 0.6 is 0 Å². The predicted octanol–water partition coefficient (Wildman–Crippen LogP) is 2.34. The highest BCUT2D eigenvalue weighted by Gasteiger charge is 2.03. The van der Waals surface area contributed by atoms with Crippen LogP contribution in [0.1, 0.15) is 32.3 Å². The first-order valence-corrected chi connectivity index (χ1v) is 7.22. The average molecular weight is 278 g/mol. The van der Waals surface area contributed by atoms with Crippen molar-refractivity contribution in [1.29, 1.82) is 0 Å². The van der Waals surface area contributed by atoms with Crippen molar-refractivity contribution in [3.63, 3.8) is 0 Å². The minimum absolute atomic E-state index is 0.109. The molecule has 0 spiro atoms. The Hall–Kier alpha value is -1.55. The molecule has 0 saturated heterocycles. The maximum Gasteiger partial charge on any atom is 0.221 e. The van der Waals surface area contributed by atoms with Gasteiger partial charge in [0.1, 0.15) is 5.75 Å². The van der Waals surface area contributed by atoms with E-state index in [4.69, 9.17) is 4.74 Å². The maximum absolute atomic E-state index is 11.6. The van der Waals surface area contributed by atoms with Gasteiger partial charge in [0.2, 0.25) is 5.91 Å². The van der Waals surface area contributed by atoms with E-state index < -0.39 is 0 Å². The van der Waals surface area contributed by atoms with Crippen molar-refractivity contribution in [3.05, 3.63) is 29.8 Å². The third kappa shape index (κ3) is 6.57. The third-order valence-electron chi connectivity index (χ3n) is 3.08. The number of nitrogens with one attached hydrogen (secondary N) is 2. The number of methoxy groups -OCH3 is 1. The highest BCUT2D eigenvalue weighted by atomic mass is 16.5. The SMILES string of the molecule is COc1ccccc1CNCCC(=O)NCCC(C)C. The van der Waals surface area contributed by atoms with Gasteiger partial charge in [-0.1, -0.05) is 32.0 Å². The van der Waals surface area contributed by atoms with Crippen LogP contribution in [0.25, 0.3) is 0 Å².